The molecule has 0 bridgehead atoms. The maximum Gasteiger partial charge on any atom is 0.105 e. The molecule has 0 spiro atoms. The first-order valence-electron chi connectivity index (χ1n) is 6.28. The number of hydrogen-bond acceptors (Lipinski definition) is 2. The van der Waals surface area contributed by atoms with Crippen LogP contribution in [-0.2, 0) is 0 Å². The van der Waals surface area contributed by atoms with E-state index in [-0.39, 0.29) is 0 Å². The average Bonchev–Trinajstić information content (AvgIpc) is 2.13. The lowest BCUT2D eigenvalue weighted by atomic mass is 9.59. The summed E-state index contributed by atoms with van der Waals surface area (Å²) < 4.78 is 0. The molecule has 0 amide bonds. The van der Waals surface area contributed by atoms with Crippen molar-refractivity contribution in [1.82, 2.24) is 5.32 Å². The summed E-state index contributed by atoms with van der Waals surface area (Å²) in [4.78, 5) is 0. The molecule has 1 heterocycles. The van der Waals surface area contributed by atoms with Crippen LogP contribution >= 0.6 is 11.8 Å². The standard InChI is InChI=1S/C12H26BNS/c1-9(2)7-15-6-5-11-12(4,8-14-11)10(3)13/h9-11,14H,5-8,13H2,1-4H3. The molecule has 3 heteroatoms. The van der Waals surface area contributed by atoms with Crippen molar-refractivity contribution in [3.8, 4) is 0 Å². The lowest BCUT2D eigenvalue weighted by Crippen LogP contribution is -2.62. The van der Waals surface area contributed by atoms with Crippen LogP contribution in [0.25, 0.3) is 0 Å². The van der Waals surface area contributed by atoms with E-state index in [0.717, 1.165) is 17.8 Å². The highest BCUT2D eigenvalue weighted by atomic mass is 32.2. The summed E-state index contributed by atoms with van der Waals surface area (Å²) in [5.74, 6) is 4.27. The van der Waals surface area contributed by atoms with E-state index in [2.05, 4.69) is 52.6 Å². The molecule has 1 aliphatic heterocycles. The van der Waals surface area contributed by atoms with Crippen LogP contribution in [0.15, 0.2) is 0 Å². The van der Waals surface area contributed by atoms with Gasteiger partial charge in [-0.3, -0.25) is 0 Å². The Morgan fingerprint density at radius 1 is 1.47 bits per heavy atom. The summed E-state index contributed by atoms with van der Waals surface area (Å²) in [6.45, 7) is 10.6. The molecule has 15 heavy (non-hydrogen) atoms. The molecule has 3 unspecified atom stereocenters. The van der Waals surface area contributed by atoms with Gasteiger partial charge < -0.3 is 5.32 Å². The fraction of sp³-hybridized carbons (Fsp3) is 1.00. The molecule has 1 rings (SSSR count). The predicted octanol–water partition coefficient (Wildman–Crippen LogP) is 2.19. The minimum Gasteiger partial charge on any atom is -0.313 e. The van der Waals surface area contributed by atoms with Gasteiger partial charge in [0, 0.05) is 12.6 Å². The van der Waals surface area contributed by atoms with Crippen molar-refractivity contribution in [2.75, 3.05) is 18.1 Å². The third kappa shape index (κ3) is 3.42. The minimum absolute atomic E-state index is 0.554. The Labute approximate surface area is 101 Å². The van der Waals surface area contributed by atoms with Gasteiger partial charge in [-0.2, -0.15) is 11.8 Å². The van der Waals surface area contributed by atoms with Gasteiger partial charge in [0.1, 0.15) is 7.85 Å². The molecule has 1 aliphatic rings. The van der Waals surface area contributed by atoms with E-state index in [1.807, 2.05) is 0 Å². The van der Waals surface area contributed by atoms with Crippen LogP contribution in [0.5, 0.6) is 0 Å². The van der Waals surface area contributed by atoms with Gasteiger partial charge in [0.15, 0.2) is 0 Å². The maximum atomic E-state index is 3.59. The van der Waals surface area contributed by atoms with Crippen molar-refractivity contribution in [1.29, 1.82) is 0 Å². The quantitative estimate of drug-likeness (QED) is 0.551. The number of rotatable bonds is 6. The molecule has 0 aliphatic carbocycles. The molecule has 1 N–H and O–H groups in total. The smallest absolute Gasteiger partial charge is 0.105 e. The normalized spacial score (nSPS) is 32.7. The molecule has 3 atom stereocenters. The molecule has 88 valence electrons. The van der Waals surface area contributed by atoms with E-state index in [9.17, 15) is 0 Å². The van der Waals surface area contributed by atoms with Gasteiger partial charge in [0.2, 0.25) is 0 Å². The summed E-state index contributed by atoms with van der Waals surface area (Å²) in [7, 11) is 2.36. The van der Waals surface area contributed by atoms with Crippen molar-refractivity contribution in [2.45, 2.75) is 46.0 Å². The molecule has 0 radical (unpaired) electrons. The monoisotopic (exact) mass is 227 g/mol. The number of nitrogens with one attached hydrogen (secondary N) is 1. The van der Waals surface area contributed by atoms with Crippen molar-refractivity contribution in [3.63, 3.8) is 0 Å². The number of thioether (sulfide) groups is 1. The molecule has 1 fully saturated rings. The molecule has 1 nitrogen and oxygen atoms in total. The largest absolute Gasteiger partial charge is 0.313 e. The third-order valence-electron chi connectivity index (χ3n) is 3.85. The highest BCUT2D eigenvalue weighted by Crippen LogP contribution is 2.40. The minimum atomic E-state index is 0.554. The van der Waals surface area contributed by atoms with Crippen LogP contribution in [0, 0.1) is 11.3 Å². The zero-order chi connectivity index (χ0) is 11.5. The fourth-order valence-electron chi connectivity index (χ4n) is 2.13. The van der Waals surface area contributed by atoms with E-state index >= 15 is 0 Å². The fourth-order valence-corrected chi connectivity index (χ4v) is 3.17. The zero-order valence-electron chi connectivity index (χ0n) is 11.0. The van der Waals surface area contributed by atoms with E-state index in [4.69, 9.17) is 0 Å². The Balaban J connectivity index is 2.17. The first-order valence-corrected chi connectivity index (χ1v) is 7.43. The predicted molar refractivity (Wildman–Crippen MR) is 74.6 cm³/mol. The maximum absolute atomic E-state index is 3.59. The summed E-state index contributed by atoms with van der Waals surface area (Å²) in [5.41, 5.74) is 0.554. The Bertz CT molecular complexity index is 196. The summed E-state index contributed by atoms with van der Waals surface area (Å²) in [5, 5.41) is 3.59. The van der Waals surface area contributed by atoms with Crippen molar-refractivity contribution >= 4 is 19.6 Å². The van der Waals surface area contributed by atoms with Gasteiger partial charge in [0.05, 0.1) is 0 Å². The van der Waals surface area contributed by atoms with Crippen LogP contribution in [0.4, 0.5) is 0 Å². The first kappa shape index (κ1) is 13.4. The Hall–Kier alpha value is 0.375. The zero-order valence-corrected chi connectivity index (χ0v) is 11.8. The third-order valence-corrected chi connectivity index (χ3v) is 5.27. The summed E-state index contributed by atoms with van der Waals surface area (Å²) >= 11 is 2.11. The van der Waals surface area contributed by atoms with Crippen LogP contribution in [-0.4, -0.2) is 31.9 Å². The molecule has 0 saturated carbocycles. The van der Waals surface area contributed by atoms with Gasteiger partial charge in [-0.05, 0) is 29.3 Å². The number of hydrogen-bond donors (Lipinski definition) is 1. The second-order valence-electron chi connectivity index (χ2n) is 5.85. The lowest BCUT2D eigenvalue weighted by Gasteiger charge is -2.51. The van der Waals surface area contributed by atoms with Gasteiger partial charge >= 0.3 is 0 Å². The van der Waals surface area contributed by atoms with E-state index in [1.165, 1.54) is 24.5 Å². The first-order chi connectivity index (χ1) is 6.97. The lowest BCUT2D eigenvalue weighted by molar-refractivity contribution is 0.0975. The second-order valence-corrected chi connectivity index (χ2v) is 7.00. The molecular formula is C12H26BNS. The Morgan fingerprint density at radius 3 is 2.53 bits per heavy atom. The molecule has 0 aromatic rings. The second kappa shape index (κ2) is 5.63. The molecule has 1 saturated heterocycles. The van der Waals surface area contributed by atoms with Crippen molar-refractivity contribution in [2.24, 2.45) is 11.3 Å². The molecule has 0 aromatic heterocycles. The Morgan fingerprint density at radius 2 is 2.13 bits per heavy atom. The topological polar surface area (TPSA) is 12.0 Å². The molecular weight excluding hydrogens is 201 g/mol. The average molecular weight is 227 g/mol. The summed E-state index contributed by atoms with van der Waals surface area (Å²) in [6.07, 6.45) is 1.34. The van der Waals surface area contributed by atoms with Crippen LogP contribution < -0.4 is 5.32 Å². The van der Waals surface area contributed by atoms with Crippen LogP contribution in [0.3, 0.4) is 0 Å². The van der Waals surface area contributed by atoms with Crippen LogP contribution in [0.2, 0.25) is 5.82 Å². The highest BCUT2D eigenvalue weighted by Gasteiger charge is 2.43. The van der Waals surface area contributed by atoms with E-state index in [0.29, 0.717) is 5.41 Å². The van der Waals surface area contributed by atoms with Crippen molar-refractivity contribution < 1.29 is 0 Å². The van der Waals surface area contributed by atoms with Gasteiger partial charge in [0.25, 0.3) is 0 Å². The van der Waals surface area contributed by atoms with Gasteiger partial charge in [-0.25, -0.2) is 0 Å². The molecule has 0 aromatic carbocycles. The van der Waals surface area contributed by atoms with Crippen LogP contribution in [0.1, 0.15) is 34.1 Å². The van der Waals surface area contributed by atoms with E-state index < -0.39 is 0 Å². The SMILES string of the molecule is BC(C)C1(C)CNC1CCSCC(C)C. The van der Waals surface area contributed by atoms with Gasteiger partial charge in [-0.1, -0.05) is 33.5 Å². The highest BCUT2D eigenvalue weighted by molar-refractivity contribution is 7.99. The van der Waals surface area contributed by atoms with Crippen molar-refractivity contribution in [3.05, 3.63) is 0 Å². The summed E-state index contributed by atoms with van der Waals surface area (Å²) in [6, 6.07) is 0.761. The Kier molecular flexibility index (Phi) is 5.04. The van der Waals surface area contributed by atoms with E-state index in [1.54, 1.807) is 0 Å². The van der Waals surface area contributed by atoms with Gasteiger partial charge in [-0.15, -0.1) is 0 Å².